The lowest BCUT2D eigenvalue weighted by Gasteiger charge is -2.20. The number of nitrogens with zero attached hydrogens (tertiary/aromatic N) is 2. The number of halogens is 2. The van der Waals surface area contributed by atoms with Crippen LogP contribution in [-0.2, 0) is 6.42 Å². The molecule has 2 aromatic rings. The average molecular weight is 289 g/mol. The zero-order chi connectivity index (χ0) is 15.0. The van der Waals surface area contributed by atoms with Gasteiger partial charge in [0.25, 0.3) is 0 Å². The predicted molar refractivity (Wildman–Crippen MR) is 76.0 cm³/mol. The molecule has 0 bridgehead atoms. The number of hydrogen-bond acceptors (Lipinski definition) is 3. The van der Waals surface area contributed by atoms with Gasteiger partial charge in [0.1, 0.15) is 11.6 Å². The van der Waals surface area contributed by atoms with E-state index in [2.05, 4.69) is 5.16 Å². The third-order valence-corrected chi connectivity index (χ3v) is 3.58. The van der Waals surface area contributed by atoms with Crippen LogP contribution >= 0.6 is 0 Å². The van der Waals surface area contributed by atoms with Crippen molar-refractivity contribution in [2.75, 3.05) is 11.4 Å². The SMILES string of the molecule is N/C(=N/O)c1ccc(N2CCc3ccc(F)cc32)c(F)c1. The highest BCUT2D eigenvalue weighted by Gasteiger charge is 2.23. The van der Waals surface area contributed by atoms with Gasteiger partial charge in [-0.05, 0) is 42.3 Å². The molecule has 108 valence electrons. The van der Waals surface area contributed by atoms with Crippen LogP contribution in [0.1, 0.15) is 11.1 Å². The molecular formula is C15H13F2N3O. The second-order valence-corrected chi connectivity index (χ2v) is 4.83. The molecule has 2 aromatic carbocycles. The van der Waals surface area contributed by atoms with Crippen LogP contribution in [0.3, 0.4) is 0 Å². The Balaban J connectivity index is 2.02. The molecular weight excluding hydrogens is 276 g/mol. The quantitative estimate of drug-likeness (QED) is 0.387. The number of oxime groups is 1. The van der Waals surface area contributed by atoms with Crippen molar-refractivity contribution < 1.29 is 14.0 Å². The van der Waals surface area contributed by atoms with Crippen molar-refractivity contribution in [3.05, 3.63) is 59.2 Å². The summed E-state index contributed by atoms with van der Waals surface area (Å²) in [5, 5.41) is 11.4. The molecule has 0 aromatic heterocycles. The van der Waals surface area contributed by atoms with E-state index in [1.165, 1.54) is 18.2 Å². The molecule has 0 spiro atoms. The first-order valence-corrected chi connectivity index (χ1v) is 6.43. The van der Waals surface area contributed by atoms with E-state index in [0.29, 0.717) is 17.9 Å². The van der Waals surface area contributed by atoms with Gasteiger partial charge in [-0.2, -0.15) is 0 Å². The van der Waals surface area contributed by atoms with Crippen LogP contribution in [-0.4, -0.2) is 17.6 Å². The van der Waals surface area contributed by atoms with Gasteiger partial charge in [0, 0.05) is 17.8 Å². The van der Waals surface area contributed by atoms with Crippen LogP contribution < -0.4 is 10.6 Å². The van der Waals surface area contributed by atoms with E-state index in [1.807, 2.05) is 0 Å². The van der Waals surface area contributed by atoms with Gasteiger partial charge in [-0.3, -0.25) is 0 Å². The Kier molecular flexibility index (Phi) is 3.21. The third-order valence-electron chi connectivity index (χ3n) is 3.58. The standard InChI is InChI=1S/C15H13F2N3O/c16-11-3-1-9-5-6-20(14(9)8-11)13-4-2-10(7-12(13)17)15(18)19-21/h1-4,7-8,21H,5-6H2,(H2,18,19). The summed E-state index contributed by atoms with van der Waals surface area (Å²) in [5.41, 5.74) is 7.72. The molecule has 0 radical (unpaired) electrons. The lowest BCUT2D eigenvalue weighted by atomic mass is 10.1. The maximum absolute atomic E-state index is 14.3. The maximum atomic E-state index is 14.3. The molecule has 4 nitrogen and oxygen atoms in total. The first-order valence-electron chi connectivity index (χ1n) is 6.43. The van der Waals surface area contributed by atoms with Crippen molar-refractivity contribution in [1.29, 1.82) is 0 Å². The van der Waals surface area contributed by atoms with Gasteiger partial charge in [-0.25, -0.2) is 8.78 Å². The van der Waals surface area contributed by atoms with E-state index >= 15 is 0 Å². The fourth-order valence-corrected chi connectivity index (χ4v) is 2.55. The maximum Gasteiger partial charge on any atom is 0.170 e. The van der Waals surface area contributed by atoms with Crippen LogP contribution in [0.4, 0.5) is 20.2 Å². The molecule has 0 saturated carbocycles. The van der Waals surface area contributed by atoms with Crippen LogP contribution in [0, 0.1) is 11.6 Å². The summed E-state index contributed by atoms with van der Waals surface area (Å²) in [5.74, 6) is -1.01. The summed E-state index contributed by atoms with van der Waals surface area (Å²) in [6, 6.07) is 8.82. The van der Waals surface area contributed by atoms with Crippen molar-refractivity contribution in [2.45, 2.75) is 6.42 Å². The van der Waals surface area contributed by atoms with Crippen molar-refractivity contribution in [2.24, 2.45) is 10.9 Å². The molecule has 21 heavy (non-hydrogen) atoms. The zero-order valence-electron chi connectivity index (χ0n) is 11.1. The lowest BCUT2D eigenvalue weighted by Crippen LogP contribution is -2.17. The topological polar surface area (TPSA) is 61.9 Å². The first kappa shape index (κ1) is 13.4. The highest BCUT2D eigenvalue weighted by atomic mass is 19.1. The molecule has 3 N–H and O–H groups in total. The molecule has 0 atom stereocenters. The third kappa shape index (κ3) is 2.29. The molecule has 1 aliphatic rings. The van der Waals surface area contributed by atoms with E-state index in [9.17, 15) is 8.78 Å². The molecule has 0 fully saturated rings. The van der Waals surface area contributed by atoms with Gasteiger partial charge in [-0.15, -0.1) is 0 Å². The molecule has 0 saturated heterocycles. The fraction of sp³-hybridized carbons (Fsp3) is 0.133. The van der Waals surface area contributed by atoms with Gasteiger partial charge < -0.3 is 15.8 Å². The summed E-state index contributed by atoms with van der Waals surface area (Å²) in [4.78, 5) is 1.73. The number of nitrogens with two attached hydrogens (primary N) is 1. The highest BCUT2D eigenvalue weighted by Crippen LogP contribution is 2.36. The van der Waals surface area contributed by atoms with Crippen LogP contribution in [0.2, 0.25) is 0 Å². The Morgan fingerprint density at radius 3 is 2.67 bits per heavy atom. The van der Waals surface area contributed by atoms with Gasteiger partial charge in [0.15, 0.2) is 5.84 Å². The molecule has 6 heteroatoms. The molecule has 1 aliphatic heterocycles. The number of hydrogen-bond donors (Lipinski definition) is 2. The van der Waals surface area contributed by atoms with Gasteiger partial charge in [0.05, 0.1) is 5.69 Å². The summed E-state index contributed by atoms with van der Waals surface area (Å²) in [7, 11) is 0. The summed E-state index contributed by atoms with van der Waals surface area (Å²) in [6.45, 7) is 0.582. The minimum Gasteiger partial charge on any atom is -0.409 e. The fourth-order valence-electron chi connectivity index (χ4n) is 2.55. The number of rotatable bonds is 2. The van der Waals surface area contributed by atoms with E-state index in [-0.39, 0.29) is 17.2 Å². The molecule has 0 aliphatic carbocycles. The van der Waals surface area contributed by atoms with Crippen molar-refractivity contribution >= 4 is 17.2 Å². The van der Waals surface area contributed by atoms with E-state index < -0.39 is 5.82 Å². The lowest BCUT2D eigenvalue weighted by molar-refractivity contribution is 0.318. The number of anilines is 2. The Morgan fingerprint density at radius 1 is 1.14 bits per heavy atom. The van der Waals surface area contributed by atoms with Crippen LogP contribution in [0.5, 0.6) is 0 Å². The molecule has 0 unspecified atom stereocenters. The minimum absolute atomic E-state index is 0.159. The Bertz CT molecular complexity index is 731. The summed E-state index contributed by atoms with van der Waals surface area (Å²) in [6.07, 6.45) is 0.733. The Hall–Kier alpha value is -2.63. The monoisotopic (exact) mass is 289 g/mol. The van der Waals surface area contributed by atoms with Crippen molar-refractivity contribution in [3.63, 3.8) is 0 Å². The van der Waals surface area contributed by atoms with Crippen LogP contribution in [0.25, 0.3) is 0 Å². The van der Waals surface area contributed by atoms with E-state index in [1.54, 1.807) is 23.1 Å². The summed E-state index contributed by atoms with van der Waals surface area (Å²) >= 11 is 0. The largest absolute Gasteiger partial charge is 0.409 e. The van der Waals surface area contributed by atoms with Crippen molar-refractivity contribution in [3.8, 4) is 0 Å². The normalized spacial score (nSPS) is 14.4. The summed E-state index contributed by atoms with van der Waals surface area (Å²) < 4.78 is 27.7. The van der Waals surface area contributed by atoms with Crippen LogP contribution in [0.15, 0.2) is 41.6 Å². The minimum atomic E-state index is -0.504. The zero-order valence-corrected chi connectivity index (χ0v) is 11.1. The highest BCUT2D eigenvalue weighted by molar-refractivity contribution is 5.97. The second kappa shape index (κ2) is 5.05. The van der Waals surface area contributed by atoms with E-state index in [0.717, 1.165) is 12.0 Å². The first-order chi connectivity index (χ1) is 10.1. The Morgan fingerprint density at radius 2 is 1.95 bits per heavy atom. The molecule has 3 rings (SSSR count). The average Bonchev–Trinajstić information content (AvgIpc) is 2.89. The molecule has 0 amide bonds. The smallest absolute Gasteiger partial charge is 0.170 e. The molecule has 1 heterocycles. The van der Waals surface area contributed by atoms with Gasteiger partial charge in [0.2, 0.25) is 0 Å². The van der Waals surface area contributed by atoms with Gasteiger partial charge >= 0.3 is 0 Å². The van der Waals surface area contributed by atoms with Gasteiger partial charge in [-0.1, -0.05) is 11.2 Å². The number of benzene rings is 2. The predicted octanol–water partition coefficient (Wildman–Crippen LogP) is 2.75. The second-order valence-electron chi connectivity index (χ2n) is 4.83. The number of fused-ring (bicyclic) bond motifs is 1. The van der Waals surface area contributed by atoms with E-state index in [4.69, 9.17) is 10.9 Å². The number of amidine groups is 1. The van der Waals surface area contributed by atoms with Crippen molar-refractivity contribution in [1.82, 2.24) is 0 Å². The Labute approximate surface area is 120 Å².